The number of anilines is 1. The van der Waals surface area contributed by atoms with Crippen LogP contribution < -0.4 is 14.4 Å². The standard InChI is InChI=1S/C30H36N4O7S/c1-6-27(29(36)31-30(2,3)4)32(20-22-12-18-25(41-5)19-13-22)28(35)21-33(23-14-16-24(17-15-23)34(37)38)42(39,40)26-10-8-7-9-11-26/h7-19,27H,6,20-21H2,1-5H3,(H,31,36)/t27-/m0/s1. The van der Waals surface area contributed by atoms with E-state index in [4.69, 9.17) is 4.74 Å². The van der Waals surface area contributed by atoms with E-state index in [-0.39, 0.29) is 35.1 Å². The van der Waals surface area contributed by atoms with Crippen LogP contribution in [0, 0.1) is 10.1 Å². The molecule has 11 nitrogen and oxygen atoms in total. The van der Waals surface area contributed by atoms with Crippen molar-refractivity contribution in [1.82, 2.24) is 10.2 Å². The predicted octanol–water partition coefficient (Wildman–Crippen LogP) is 4.52. The molecule has 0 aliphatic carbocycles. The lowest BCUT2D eigenvalue weighted by atomic mass is 10.1. The molecule has 12 heteroatoms. The first-order valence-electron chi connectivity index (χ1n) is 13.3. The molecule has 0 unspecified atom stereocenters. The normalized spacial score (nSPS) is 12.2. The average Bonchev–Trinajstić information content (AvgIpc) is 2.95. The van der Waals surface area contributed by atoms with Crippen molar-refractivity contribution in [2.75, 3.05) is 18.0 Å². The van der Waals surface area contributed by atoms with E-state index in [1.165, 1.54) is 48.4 Å². The number of ether oxygens (including phenoxy) is 1. The minimum Gasteiger partial charge on any atom is -0.497 e. The SMILES string of the molecule is CC[C@@H](C(=O)NC(C)(C)C)N(Cc1ccc(OC)cc1)C(=O)CN(c1ccc([N+](=O)[O-])cc1)S(=O)(=O)c1ccccc1. The second kappa shape index (κ2) is 13.5. The molecule has 3 aromatic carbocycles. The minimum absolute atomic E-state index is 0.0262. The van der Waals surface area contributed by atoms with Crippen molar-refractivity contribution in [3.8, 4) is 5.75 Å². The number of nitrogens with one attached hydrogen (secondary N) is 1. The number of carbonyl (C=O) groups is 2. The van der Waals surface area contributed by atoms with Gasteiger partial charge >= 0.3 is 0 Å². The number of amides is 2. The van der Waals surface area contributed by atoms with E-state index >= 15 is 0 Å². The number of nitro benzene ring substituents is 1. The number of nitro groups is 1. The van der Waals surface area contributed by atoms with E-state index in [2.05, 4.69) is 5.32 Å². The summed E-state index contributed by atoms with van der Waals surface area (Å²) in [5.41, 5.74) is -0.0256. The Hall–Kier alpha value is -4.45. The summed E-state index contributed by atoms with van der Waals surface area (Å²) in [6.07, 6.45) is 0.271. The van der Waals surface area contributed by atoms with Gasteiger partial charge in [0.25, 0.3) is 15.7 Å². The van der Waals surface area contributed by atoms with Crippen molar-refractivity contribution in [2.45, 2.75) is 57.1 Å². The summed E-state index contributed by atoms with van der Waals surface area (Å²) >= 11 is 0. The molecule has 42 heavy (non-hydrogen) atoms. The molecule has 0 bridgehead atoms. The lowest BCUT2D eigenvalue weighted by Gasteiger charge is -2.34. The van der Waals surface area contributed by atoms with Gasteiger partial charge in [-0.15, -0.1) is 0 Å². The van der Waals surface area contributed by atoms with Crippen LogP contribution in [0.2, 0.25) is 0 Å². The average molecular weight is 597 g/mol. The Morgan fingerprint density at radius 2 is 1.57 bits per heavy atom. The van der Waals surface area contributed by atoms with Crippen LogP contribution in [0.15, 0.2) is 83.8 Å². The Bertz CT molecular complexity index is 1490. The minimum atomic E-state index is -4.28. The lowest BCUT2D eigenvalue weighted by Crippen LogP contribution is -2.55. The number of hydrogen-bond acceptors (Lipinski definition) is 7. The molecule has 0 spiro atoms. The Balaban J connectivity index is 2.07. The molecule has 0 saturated carbocycles. The predicted molar refractivity (Wildman–Crippen MR) is 160 cm³/mol. The highest BCUT2D eigenvalue weighted by Crippen LogP contribution is 2.27. The van der Waals surface area contributed by atoms with E-state index < -0.39 is 39.0 Å². The van der Waals surface area contributed by atoms with Crippen molar-refractivity contribution in [3.63, 3.8) is 0 Å². The molecule has 0 aliphatic rings. The molecule has 0 aliphatic heterocycles. The topological polar surface area (TPSA) is 139 Å². The van der Waals surface area contributed by atoms with Gasteiger partial charge in [-0.05, 0) is 69.2 Å². The van der Waals surface area contributed by atoms with Crippen LogP contribution in [0.1, 0.15) is 39.7 Å². The number of rotatable bonds is 12. The summed E-state index contributed by atoms with van der Waals surface area (Å²) in [5.74, 6) is -0.383. The maximum absolute atomic E-state index is 14.1. The van der Waals surface area contributed by atoms with Crippen LogP contribution in [0.25, 0.3) is 0 Å². The van der Waals surface area contributed by atoms with Gasteiger partial charge in [0.05, 0.1) is 22.6 Å². The maximum atomic E-state index is 14.1. The second-order valence-corrected chi connectivity index (χ2v) is 12.5. The van der Waals surface area contributed by atoms with Crippen molar-refractivity contribution < 1.29 is 27.7 Å². The third kappa shape index (κ3) is 8.06. The lowest BCUT2D eigenvalue weighted by molar-refractivity contribution is -0.384. The zero-order valence-electron chi connectivity index (χ0n) is 24.3. The van der Waals surface area contributed by atoms with Crippen molar-refractivity contribution in [1.29, 1.82) is 0 Å². The fourth-order valence-corrected chi connectivity index (χ4v) is 5.72. The summed E-state index contributed by atoms with van der Waals surface area (Å²) in [6, 6.07) is 18.6. The first kappa shape index (κ1) is 32.1. The maximum Gasteiger partial charge on any atom is 0.269 e. The molecule has 2 amide bonds. The molecular weight excluding hydrogens is 560 g/mol. The van der Waals surface area contributed by atoms with Gasteiger partial charge < -0.3 is 15.0 Å². The molecular formula is C30H36N4O7S. The molecule has 3 rings (SSSR count). The molecule has 1 atom stereocenters. The first-order valence-corrected chi connectivity index (χ1v) is 14.8. The number of methoxy groups -OCH3 is 1. The first-order chi connectivity index (χ1) is 19.8. The van der Waals surface area contributed by atoms with E-state index in [0.717, 1.165) is 4.31 Å². The van der Waals surface area contributed by atoms with Crippen molar-refractivity contribution in [2.24, 2.45) is 0 Å². The molecule has 1 N–H and O–H groups in total. The number of hydrogen-bond donors (Lipinski definition) is 1. The fraction of sp³-hybridized carbons (Fsp3) is 0.333. The number of sulfonamides is 1. The Labute approximate surface area is 246 Å². The van der Waals surface area contributed by atoms with Gasteiger partial charge in [-0.2, -0.15) is 0 Å². The van der Waals surface area contributed by atoms with E-state index in [9.17, 15) is 28.1 Å². The van der Waals surface area contributed by atoms with Gasteiger partial charge in [-0.25, -0.2) is 8.42 Å². The van der Waals surface area contributed by atoms with E-state index in [0.29, 0.717) is 11.3 Å². The molecule has 0 heterocycles. The number of non-ortho nitro benzene ring substituents is 1. The van der Waals surface area contributed by atoms with Gasteiger partial charge in [-0.3, -0.25) is 24.0 Å². The summed E-state index contributed by atoms with van der Waals surface area (Å²) < 4.78 is 33.8. The number of nitrogens with zero attached hydrogens (tertiary/aromatic N) is 3. The Kier molecular flexibility index (Phi) is 10.3. The Morgan fingerprint density at radius 1 is 0.976 bits per heavy atom. The van der Waals surface area contributed by atoms with Gasteiger partial charge in [-0.1, -0.05) is 37.3 Å². The van der Waals surface area contributed by atoms with Crippen molar-refractivity contribution in [3.05, 3.63) is 94.5 Å². The highest BCUT2D eigenvalue weighted by molar-refractivity contribution is 7.92. The molecule has 0 fully saturated rings. The summed E-state index contributed by atoms with van der Waals surface area (Å²) in [7, 11) is -2.74. The van der Waals surface area contributed by atoms with Gasteiger partial charge in [0.2, 0.25) is 11.8 Å². The zero-order valence-corrected chi connectivity index (χ0v) is 25.1. The molecule has 224 valence electrons. The third-order valence-electron chi connectivity index (χ3n) is 6.35. The molecule has 0 radical (unpaired) electrons. The highest BCUT2D eigenvalue weighted by atomic mass is 32.2. The van der Waals surface area contributed by atoms with Crippen LogP contribution in [0.5, 0.6) is 5.75 Å². The van der Waals surface area contributed by atoms with E-state index in [1.807, 2.05) is 20.8 Å². The van der Waals surface area contributed by atoms with Crippen molar-refractivity contribution >= 4 is 33.2 Å². The van der Waals surface area contributed by atoms with Crippen LogP contribution in [0.3, 0.4) is 0 Å². The van der Waals surface area contributed by atoms with Gasteiger partial charge in [0.15, 0.2) is 0 Å². The Morgan fingerprint density at radius 3 is 2.07 bits per heavy atom. The van der Waals surface area contributed by atoms with Crippen LogP contribution in [-0.2, 0) is 26.2 Å². The van der Waals surface area contributed by atoms with Gasteiger partial charge in [0.1, 0.15) is 18.3 Å². The van der Waals surface area contributed by atoms with Crippen LogP contribution in [-0.4, -0.2) is 55.3 Å². The van der Waals surface area contributed by atoms with Crippen LogP contribution >= 0.6 is 0 Å². The molecule has 3 aromatic rings. The molecule has 0 saturated heterocycles. The zero-order chi connectivity index (χ0) is 31.1. The number of benzene rings is 3. The monoisotopic (exact) mass is 596 g/mol. The number of carbonyl (C=O) groups excluding carboxylic acids is 2. The fourth-order valence-electron chi connectivity index (χ4n) is 4.29. The highest BCUT2D eigenvalue weighted by Gasteiger charge is 2.34. The smallest absolute Gasteiger partial charge is 0.269 e. The van der Waals surface area contributed by atoms with Crippen LogP contribution in [0.4, 0.5) is 11.4 Å². The second-order valence-electron chi connectivity index (χ2n) is 10.6. The summed E-state index contributed by atoms with van der Waals surface area (Å²) in [6.45, 7) is 6.64. The van der Waals surface area contributed by atoms with Gasteiger partial charge in [0, 0.05) is 24.2 Å². The largest absolute Gasteiger partial charge is 0.497 e. The summed E-state index contributed by atoms with van der Waals surface area (Å²) in [4.78, 5) is 39.4. The third-order valence-corrected chi connectivity index (χ3v) is 8.14. The quantitative estimate of drug-likeness (QED) is 0.240. The molecule has 0 aromatic heterocycles. The van der Waals surface area contributed by atoms with E-state index in [1.54, 1.807) is 49.4 Å². The summed E-state index contributed by atoms with van der Waals surface area (Å²) in [5, 5.41) is 14.1.